The zero-order valence-corrected chi connectivity index (χ0v) is 3.73. The van der Waals surface area contributed by atoms with Crippen LogP contribution in [0.5, 0.6) is 0 Å². The van der Waals surface area contributed by atoms with Crippen molar-refractivity contribution < 1.29 is 25.0 Å². The molecule has 4 heteroatoms. The first kappa shape index (κ1) is 8.99. The Bertz CT molecular complexity index is 17.1. The molecule has 0 aromatic rings. The molecule has 0 bridgehead atoms. The van der Waals surface area contributed by atoms with Gasteiger partial charge in [0.15, 0.2) is 0 Å². The molecule has 2 nitrogen and oxygen atoms in total. The van der Waals surface area contributed by atoms with Gasteiger partial charge >= 0.3 is 25.2 Å². The summed E-state index contributed by atoms with van der Waals surface area (Å²) in [5, 5.41) is 6.76. The van der Waals surface area contributed by atoms with Crippen LogP contribution >= 0.6 is 10.1 Å². The first-order valence-corrected chi connectivity index (χ1v) is 1.84. The summed E-state index contributed by atoms with van der Waals surface area (Å²) in [4.78, 5) is 8.24. The molecule has 0 fully saturated rings. The van der Waals surface area contributed by atoms with Crippen LogP contribution in [0.15, 0.2) is 0 Å². The molecule has 0 aliphatic rings. The summed E-state index contributed by atoms with van der Waals surface area (Å²) in [7, 11) is 4.20. The van der Waals surface area contributed by atoms with Gasteiger partial charge in [-0.25, -0.2) is 0 Å². The van der Waals surface area contributed by atoms with E-state index >= 15 is 0 Å². The fourth-order valence-electron chi connectivity index (χ4n) is 0. The third-order valence-electron chi connectivity index (χ3n) is 0. The molecule has 0 atom stereocenters. The van der Waals surface area contributed by atoms with E-state index in [2.05, 4.69) is 25.2 Å². The molecule has 0 saturated carbocycles. The van der Waals surface area contributed by atoms with Crippen LogP contribution in [0, 0.1) is 0 Å². The van der Waals surface area contributed by atoms with Gasteiger partial charge in [0.25, 0.3) is 0 Å². The van der Waals surface area contributed by atoms with Gasteiger partial charge in [0.05, 0.1) is 0 Å². The summed E-state index contributed by atoms with van der Waals surface area (Å²) >= 11 is 3.66. The number of hydrogen-bond donors (Lipinski definition) is 1. The van der Waals surface area contributed by atoms with Crippen LogP contribution in [0.25, 0.3) is 0 Å². The molecular formula is CHClCuO2. The second-order valence-electron chi connectivity index (χ2n) is 0.0913. The van der Waals surface area contributed by atoms with E-state index < -0.39 is 0 Å². The third-order valence-corrected chi connectivity index (χ3v) is 0. The molecule has 0 saturated heterocycles. The Morgan fingerprint density at radius 1 is 1.80 bits per heavy atom. The number of rotatable bonds is 0. The van der Waals surface area contributed by atoms with Crippen molar-refractivity contribution in [1.29, 1.82) is 0 Å². The molecule has 0 spiro atoms. The van der Waals surface area contributed by atoms with Crippen LogP contribution in [0.2, 0.25) is 0 Å². The SMILES string of the molecule is O=[C-]O.[Cl][Cu+]. The number of hydrogen-bond acceptors (Lipinski definition) is 1. The van der Waals surface area contributed by atoms with E-state index in [4.69, 9.17) is 9.90 Å². The number of halogens is 1. The van der Waals surface area contributed by atoms with E-state index in [-0.39, 0.29) is 0 Å². The average molecular weight is 144 g/mol. The summed E-state index contributed by atoms with van der Waals surface area (Å²) in [5.74, 6) is 0. The van der Waals surface area contributed by atoms with Crippen LogP contribution in [0.4, 0.5) is 0 Å². The maximum absolute atomic E-state index is 8.24. The van der Waals surface area contributed by atoms with Crippen molar-refractivity contribution in [3.8, 4) is 0 Å². The Morgan fingerprint density at radius 3 is 1.80 bits per heavy atom. The normalized spacial score (nSPS) is 3.80. The van der Waals surface area contributed by atoms with Crippen molar-refractivity contribution in [2.75, 3.05) is 0 Å². The minimum absolute atomic E-state index is 0.500. The fourth-order valence-corrected chi connectivity index (χ4v) is 0. The van der Waals surface area contributed by atoms with Crippen molar-refractivity contribution in [3.05, 3.63) is 0 Å². The van der Waals surface area contributed by atoms with Crippen LogP contribution in [0.1, 0.15) is 0 Å². The van der Waals surface area contributed by atoms with Gasteiger partial charge in [0, 0.05) is 0 Å². The molecule has 0 aliphatic carbocycles. The van der Waals surface area contributed by atoms with Crippen molar-refractivity contribution in [2.45, 2.75) is 0 Å². The minimum atomic E-state index is 0.500. The van der Waals surface area contributed by atoms with Gasteiger partial charge in [-0.05, 0) is 0 Å². The van der Waals surface area contributed by atoms with E-state index in [1.807, 2.05) is 0 Å². The van der Waals surface area contributed by atoms with E-state index in [0.29, 0.717) is 6.47 Å². The first-order valence-electron chi connectivity index (χ1n) is 0.542. The average Bonchev–Trinajstić information content (AvgIpc) is 1.46. The second kappa shape index (κ2) is 28.1. The van der Waals surface area contributed by atoms with E-state index in [9.17, 15) is 0 Å². The van der Waals surface area contributed by atoms with Gasteiger partial charge < -0.3 is 9.90 Å². The molecule has 0 amide bonds. The Kier molecular flexibility index (Phi) is 50.6. The summed E-state index contributed by atoms with van der Waals surface area (Å²) in [6, 6.07) is 0. The van der Waals surface area contributed by atoms with Crippen molar-refractivity contribution in [1.82, 2.24) is 0 Å². The fraction of sp³-hybridized carbons (Fsp3) is 0. The topological polar surface area (TPSA) is 37.3 Å². The Labute approximate surface area is 42.2 Å². The second-order valence-corrected chi connectivity index (χ2v) is 0.0913. The Balaban J connectivity index is 0. The molecule has 1 N–H and O–H groups in total. The zero-order valence-electron chi connectivity index (χ0n) is 2.03. The summed E-state index contributed by atoms with van der Waals surface area (Å²) in [6.07, 6.45) is 0. The van der Waals surface area contributed by atoms with Crippen LogP contribution in [-0.2, 0) is 19.9 Å². The number of aliphatic hydroxyl groups excluding tert-OH is 1. The van der Waals surface area contributed by atoms with E-state index in [0.717, 1.165) is 0 Å². The molecule has 0 radical (unpaired) electrons. The zero-order chi connectivity index (χ0) is 4.71. The van der Waals surface area contributed by atoms with Gasteiger partial charge in [-0.3, -0.25) is 0 Å². The molecule has 0 unspecified atom stereocenters. The van der Waals surface area contributed by atoms with Crippen LogP contribution < -0.4 is 0 Å². The van der Waals surface area contributed by atoms with Crippen molar-refractivity contribution >= 4 is 16.6 Å². The molecule has 5 heavy (non-hydrogen) atoms. The standard InChI is InChI=1S/CHO2.ClH.Cu/c2-1-3;;/h(H,2,3);1H;/q-1;;+2/p-1. The molecule has 0 aromatic carbocycles. The predicted molar refractivity (Wildman–Crippen MR) is 14.2 cm³/mol. The van der Waals surface area contributed by atoms with Gasteiger partial charge in [0.1, 0.15) is 0 Å². The molecule has 0 rings (SSSR count). The quantitative estimate of drug-likeness (QED) is 0.392. The van der Waals surface area contributed by atoms with E-state index in [1.54, 1.807) is 0 Å². The van der Waals surface area contributed by atoms with E-state index in [1.165, 1.54) is 0 Å². The van der Waals surface area contributed by atoms with Crippen molar-refractivity contribution in [3.63, 3.8) is 0 Å². The van der Waals surface area contributed by atoms with Crippen LogP contribution in [-0.4, -0.2) is 11.6 Å². The summed E-state index contributed by atoms with van der Waals surface area (Å²) in [5.41, 5.74) is 0. The van der Waals surface area contributed by atoms with Gasteiger partial charge in [0.2, 0.25) is 0 Å². The summed E-state index contributed by atoms with van der Waals surface area (Å²) < 4.78 is 0. The van der Waals surface area contributed by atoms with Crippen molar-refractivity contribution in [2.24, 2.45) is 0 Å². The third kappa shape index (κ3) is 285. The maximum atomic E-state index is 8.24. The van der Waals surface area contributed by atoms with Gasteiger partial charge in [-0.15, -0.1) is 0 Å². The first-order chi connectivity index (χ1) is 2.41. The molecular weight excluding hydrogens is 143 g/mol. The van der Waals surface area contributed by atoms with Crippen LogP contribution in [0.3, 0.4) is 0 Å². The van der Waals surface area contributed by atoms with Gasteiger partial charge in [-0.1, -0.05) is 6.47 Å². The monoisotopic (exact) mass is 143 g/mol. The Hall–Kier alpha value is 0.279. The molecule has 0 aromatic heterocycles. The Morgan fingerprint density at radius 2 is 1.80 bits per heavy atom. The molecule has 35 valence electrons. The summed E-state index contributed by atoms with van der Waals surface area (Å²) in [6.45, 7) is 0.500. The predicted octanol–water partition coefficient (Wildman–Crippen LogP) is 0.299. The molecule has 0 aliphatic heterocycles. The molecule has 0 heterocycles. The van der Waals surface area contributed by atoms with Gasteiger partial charge in [-0.2, -0.15) is 0 Å².